The molecule has 3 aromatic rings. The first-order valence-electron chi connectivity index (χ1n) is 11.6. The maximum atomic E-state index is 13.2. The number of nitrogens with one attached hydrogen (secondary N) is 2. The van der Waals surface area contributed by atoms with Crippen LogP contribution in [0.2, 0.25) is 0 Å². The Morgan fingerprint density at radius 1 is 0.970 bits per heavy atom. The van der Waals surface area contributed by atoms with Crippen LogP contribution >= 0.6 is 0 Å². The van der Waals surface area contributed by atoms with Crippen molar-refractivity contribution < 1.29 is 14.6 Å². The predicted octanol–water partition coefficient (Wildman–Crippen LogP) is 4.52. The molecule has 0 saturated heterocycles. The summed E-state index contributed by atoms with van der Waals surface area (Å²) in [5, 5.41) is 2.91. The summed E-state index contributed by atoms with van der Waals surface area (Å²) in [7, 11) is 0. The van der Waals surface area contributed by atoms with Crippen LogP contribution in [0.1, 0.15) is 48.4 Å². The first kappa shape index (κ1) is 22.5. The van der Waals surface area contributed by atoms with Crippen LogP contribution in [0, 0.1) is 0 Å². The van der Waals surface area contributed by atoms with Crippen LogP contribution in [0.5, 0.6) is 0 Å². The Kier molecular flexibility index (Phi) is 7.64. The van der Waals surface area contributed by atoms with E-state index in [9.17, 15) is 9.59 Å². The molecule has 2 heterocycles. The van der Waals surface area contributed by atoms with Gasteiger partial charge >= 0.3 is 0 Å². The van der Waals surface area contributed by atoms with E-state index in [4.69, 9.17) is 0 Å². The van der Waals surface area contributed by atoms with Crippen molar-refractivity contribution in [2.75, 3.05) is 11.4 Å². The SMILES string of the molecule is O=C(/C=C/c1ccc[nH+]c1)NCCCCCC(=O)N1c2ccccc2CC1c1ccccc1. The number of aromatic nitrogens is 1. The minimum atomic E-state index is -0.102. The molecule has 1 aromatic heterocycles. The molecule has 4 rings (SSSR count). The first-order valence-corrected chi connectivity index (χ1v) is 11.6. The number of hydrogen-bond donors (Lipinski definition) is 1. The van der Waals surface area contributed by atoms with Crippen molar-refractivity contribution in [1.29, 1.82) is 0 Å². The topological polar surface area (TPSA) is 63.6 Å². The van der Waals surface area contributed by atoms with E-state index in [2.05, 4.69) is 28.5 Å². The summed E-state index contributed by atoms with van der Waals surface area (Å²) in [4.78, 5) is 30.1. The minimum Gasteiger partial charge on any atom is -0.353 e. The molecule has 2 aromatic carbocycles. The van der Waals surface area contributed by atoms with E-state index in [0.29, 0.717) is 13.0 Å². The van der Waals surface area contributed by atoms with Crippen LogP contribution in [0.4, 0.5) is 5.69 Å². The minimum absolute atomic E-state index is 0.0596. The van der Waals surface area contributed by atoms with E-state index in [1.54, 1.807) is 12.2 Å². The molecular weight excluding hydrogens is 410 g/mol. The van der Waals surface area contributed by atoms with Gasteiger partial charge in [-0.05, 0) is 48.6 Å². The molecule has 1 atom stereocenters. The second kappa shape index (κ2) is 11.2. The predicted molar refractivity (Wildman–Crippen MR) is 130 cm³/mol. The van der Waals surface area contributed by atoms with Crippen LogP contribution in [0.15, 0.2) is 85.2 Å². The molecule has 0 radical (unpaired) electrons. The number of fused-ring (bicyclic) bond motifs is 1. The van der Waals surface area contributed by atoms with Crippen LogP contribution in [0.25, 0.3) is 6.08 Å². The normalized spacial score (nSPS) is 14.9. The number of carbonyl (C=O) groups is 2. The molecule has 2 N–H and O–H groups in total. The molecule has 1 aliphatic rings. The quantitative estimate of drug-likeness (QED) is 0.393. The van der Waals surface area contributed by atoms with Gasteiger partial charge in [-0.25, -0.2) is 4.98 Å². The van der Waals surface area contributed by atoms with Crippen molar-refractivity contribution in [2.45, 2.75) is 38.1 Å². The van der Waals surface area contributed by atoms with Crippen LogP contribution < -0.4 is 15.2 Å². The Morgan fingerprint density at radius 2 is 1.79 bits per heavy atom. The number of rotatable bonds is 9. The molecule has 0 spiro atoms. The Bertz CT molecular complexity index is 1100. The Morgan fingerprint density at radius 3 is 2.61 bits per heavy atom. The van der Waals surface area contributed by atoms with Crippen LogP contribution in [-0.4, -0.2) is 18.4 Å². The number of aromatic amines is 1. The Hall–Kier alpha value is -3.73. The molecule has 0 aliphatic carbocycles. The van der Waals surface area contributed by atoms with Gasteiger partial charge in [0, 0.05) is 36.4 Å². The second-order valence-electron chi connectivity index (χ2n) is 8.29. The van der Waals surface area contributed by atoms with E-state index in [1.165, 1.54) is 11.1 Å². The largest absolute Gasteiger partial charge is 0.353 e. The number of nitrogens with zero attached hydrogens (tertiary/aromatic N) is 1. The lowest BCUT2D eigenvalue weighted by molar-refractivity contribution is -0.378. The molecule has 0 fully saturated rings. The highest BCUT2D eigenvalue weighted by Crippen LogP contribution is 2.40. The number of H-pyrrole nitrogens is 1. The molecular formula is C28H30N3O2+. The van der Waals surface area contributed by atoms with Crippen molar-refractivity contribution in [2.24, 2.45) is 0 Å². The van der Waals surface area contributed by atoms with Gasteiger partial charge < -0.3 is 10.2 Å². The second-order valence-corrected chi connectivity index (χ2v) is 8.29. The first-order chi connectivity index (χ1) is 16.2. The average Bonchev–Trinajstić information content (AvgIpc) is 3.26. The molecule has 0 bridgehead atoms. The number of unbranched alkanes of at least 4 members (excludes halogenated alkanes) is 2. The monoisotopic (exact) mass is 440 g/mol. The molecule has 33 heavy (non-hydrogen) atoms. The average molecular weight is 441 g/mol. The summed E-state index contributed by atoms with van der Waals surface area (Å²) >= 11 is 0. The summed E-state index contributed by atoms with van der Waals surface area (Å²) in [6, 6.07) is 22.4. The maximum Gasteiger partial charge on any atom is 0.244 e. The third kappa shape index (κ3) is 5.95. The van der Waals surface area contributed by atoms with Crippen molar-refractivity contribution in [3.8, 4) is 0 Å². The summed E-state index contributed by atoms with van der Waals surface area (Å²) in [5.41, 5.74) is 4.38. The van der Waals surface area contributed by atoms with E-state index < -0.39 is 0 Å². The van der Waals surface area contributed by atoms with E-state index in [-0.39, 0.29) is 17.9 Å². The fraction of sp³-hybridized carbons (Fsp3) is 0.250. The zero-order valence-electron chi connectivity index (χ0n) is 18.7. The maximum absolute atomic E-state index is 13.2. The highest BCUT2D eigenvalue weighted by atomic mass is 16.2. The number of anilines is 1. The standard InChI is InChI=1S/C28H29N3O2/c32-27(17-16-22-10-9-18-29-21-22)30-19-8-2-5-15-28(33)31-25-14-7-6-13-24(25)20-26(31)23-11-3-1-4-12-23/h1,3-4,6-7,9-14,16-18,21,26H,2,5,8,15,19-20H2,(H,30,32)/p+1/b17-16+. The van der Waals surface area contributed by atoms with Crippen molar-refractivity contribution in [1.82, 2.24) is 5.32 Å². The van der Waals surface area contributed by atoms with Crippen molar-refractivity contribution in [3.63, 3.8) is 0 Å². The summed E-state index contributed by atoms with van der Waals surface area (Å²) in [5.74, 6) is 0.0646. The zero-order valence-corrected chi connectivity index (χ0v) is 18.7. The van der Waals surface area contributed by atoms with Gasteiger partial charge in [0.05, 0.1) is 6.04 Å². The number of benzene rings is 2. The number of pyridine rings is 1. The molecule has 1 aliphatic heterocycles. The van der Waals surface area contributed by atoms with Gasteiger partial charge in [-0.15, -0.1) is 0 Å². The zero-order chi connectivity index (χ0) is 22.9. The molecule has 168 valence electrons. The van der Waals surface area contributed by atoms with Gasteiger partial charge in [-0.1, -0.05) is 55.0 Å². The number of para-hydroxylation sites is 1. The smallest absolute Gasteiger partial charge is 0.244 e. The van der Waals surface area contributed by atoms with Crippen LogP contribution in [0.3, 0.4) is 0 Å². The van der Waals surface area contributed by atoms with E-state index in [1.807, 2.05) is 65.8 Å². The van der Waals surface area contributed by atoms with E-state index >= 15 is 0 Å². The highest BCUT2D eigenvalue weighted by molar-refractivity contribution is 5.96. The highest BCUT2D eigenvalue weighted by Gasteiger charge is 2.33. The fourth-order valence-corrected chi connectivity index (χ4v) is 4.29. The third-order valence-electron chi connectivity index (χ3n) is 5.95. The number of carbonyl (C=O) groups excluding carboxylic acids is 2. The van der Waals surface area contributed by atoms with Gasteiger partial charge in [0.15, 0.2) is 12.4 Å². The molecule has 2 amide bonds. The summed E-state index contributed by atoms with van der Waals surface area (Å²) in [6.07, 6.45) is 10.9. The van der Waals surface area contributed by atoms with Gasteiger partial charge in [0.25, 0.3) is 0 Å². The van der Waals surface area contributed by atoms with Crippen LogP contribution in [-0.2, 0) is 16.0 Å². The molecule has 5 heteroatoms. The summed E-state index contributed by atoms with van der Waals surface area (Å²) < 4.78 is 0. The van der Waals surface area contributed by atoms with Gasteiger partial charge in [-0.2, -0.15) is 0 Å². The summed E-state index contributed by atoms with van der Waals surface area (Å²) in [6.45, 7) is 0.609. The molecule has 0 saturated carbocycles. The Labute approximate surface area is 195 Å². The fourth-order valence-electron chi connectivity index (χ4n) is 4.29. The van der Waals surface area contributed by atoms with E-state index in [0.717, 1.165) is 36.9 Å². The third-order valence-corrected chi connectivity index (χ3v) is 5.95. The van der Waals surface area contributed by atoms with Crippen molar-refractivity contribution in [3.05, 3.63) is 102 Å². The van der Waals surface area contributed by atoms with Gasteiger partial charge in [0.2, 0.25) is 11.8 Å². The van der Waals surface area contributed by atoms with Gasteiger partial charge in [0.1, 0.15) is 0 Å². The van der Waals surface area contributed by atoms with Crippen molar-refractivity contribution >= 4 is 23.6 Å². The molecule has 5 nitrogen and oxygen atoms in total. The number of hydrogen-bond acceptors (Lipinski definition) is 2. The number of amides is 2. The lowest BCUT2D eigenvalue weighted by atomic mass is 10.0. The lowest BCUT2D eigenvalue weighted by Crippen LogP contribution is -2.32. The Balaban J connectivity index is 1.23. The lowest BCUT2D eigenvalue weighted by Gasteiger charge is -2.26. The molecule has 1 unspecified atom stereocenters. The van der Waals surface area contributed by atoms with Gasteiger partial charge in [-0.3, -0.25) is 9.59 Å².